The second-order valence-electron chi connectivity index (χ2n) is 10.1. The lowest BCUT2D eigenvalue weighted by atomic mass is 9.80. The van der Waals surface area contributed by atoms with Crippen molar-refractivity contribution < 1.29 is 9.53 Å². The average Bonchev–Trinajstić information content (AvgIpc) is 3.35. The van der Waals surface area contributed by atoms with Gasteiger partial charge in [-0.05, 0) is 80.1 Å². The highest BCUT2D eigenvalue weighted by Gasteiger charge is 2.33. The van der Waals surface area contributed by atoms with Crippen LogP contribution >= 0.6 is 11.6 Å². The van der Waals surface area contributed by atoms with Gasteiger partial charge in [0.2, 0.25) is 0 Å². The standard InChI is InChI=1S/C32H34ClN3O3/c1-3-39-31(37)30(25-7-5-4-6-8-25)26-17-19-34(20-18-26)28-13-15-29(16-14-28)36-22-21-35(32(36)38)23(2)24-9-11-27(33)12-10-24/h4-16,21-23,26,30H,3,17-20H2,1-2H3/t23-,30?/m0/s1. The van der Waals surface area contributed by atoms with Crippen molar-refractivity contribution in [2.75, 3.05) is 24.6 Å². The Labute approximate surface area is 234 Å². The summed E-state index contributed by atoms with van der Waals surface area (Å²) in [5, 5.41) is 0.676. The van der Waals surface area contributed by atoms with Gasteiger partial charge in [-0.25, -0.2) is 4.79 Å². The number of ether oxygens (including phenoxy) is 1. The number of carbonyl (C=O) groups excluding carboxylic acids is 1. The summed E-state index contributed by atoms with van der Waals surface area (Å²) in [4.78, 5) is 28.4. The molecule has 2 heterocycles. The SMILES string of the molecule is CCOC(=O)C(c1ccccc1)C1CCN(c2ccc(-n3ccn([C@@H](C)c4ccc(Cl)cc4)c3=O)cc2)CC1. The molecule has 202 valence electrons. The Morgan fingerprint density at radius 3 is 2.18 bits per heavy atom. The quantitative estimate of drug-likeness (QED) is 0.239. The van der Waals surface area contributed by atoms with E-state index >= 15 is 0 Å². The minimum atomic E-state index is -0.234. The number of benzene rings is 3. The highest BCUT2D eigenvalue weighted by molar-refractivity contribution is 6.30. The van der Waals surface area contributed by atoms with Crippen LogP contribution in [0, 0.1) is 5.92 Å². The summed E-state index contributed by atoms with van der Waals surface area (Å²) in [5.41, 5.74) is 3.91. The van der Waals surface area contributed by atoms with Gasteiger partial charge < -0.3 is 9.64 Å². The van der Waals surface area contributed by atoms with E-state index in [0.29, 0.717) is 11.6 Å². The molecule has 0 radical (unpaired) electrons. The van der Waals surface area contributed by atoms with E-state index in [1.54, 1.807) is 9.13 Å². The highest BCUT2D eigenvalue weighted by atomic mass is 35.5. The smallest absolute Gasteiger partial charge is 0.333 e. The molecule has 0 aliphatic carbocycles. The van der Waals surface area contributed by atoms with Gasteiger partial charge in [-0.2, -0.15) is 0 Å². The van der Waals surface area contributed by atoms with Crippen molar-refractivity contribution in [2.24, 2.45) is 5.92 Å². The molecule has 6 nitrogen and oxygen atoms in total. The third-order valence-electron chi connectivity index (χ3n) is 7.78. The molecule has 1 aliphatic rings. The van der Waals surface area contributed by atoms with Crippen LogP contribution in [-0.4, -0.2) is 34.8 Å². The van der Waals surface area contributed by atoms with Crippen LogP contribution in [0.15, 0.2) is 96.1 Å². The first-order valence-corrected chi connectivity index (χ1v) is 14.0. The maximum Gasteiger partial charge on any atom is 0.333 e. The summed E-state index contributed by atoms with van der Waals surface area (Å²) >= 11 is 6.02. The fourth-order valence-electron chi connectivity index (χ4n) is 5.59. The van der Waals surface area contributed by atoms with Crippen LogP contribution in [0.25, 0.3) is 5.69 Å². The number of halogens is 1. The number of esters is 1. The Hall–Kier alpha value is -3.77. The highest BCUT2D eigenvalue weighted by Crippen LogP contribution is 2.35. The van der Waals surface area contributed by atoms with Crippen LogP contribution in [0.2, 0.25) is 5.02 Å². The lowest BCUT2D eigenvalue weighted by Crippen LogP contribution is -2.37. The number of carbonyl (C=O) groups is 1. The second kappa shape index (κ2) is 12.0. The molecule has 1 aromatic heterocycles. The van der Waals surface area contributed by atoms with E-state index in [0.717, 1.165) is 48.4 Å². The normalized spacial score (nSPS) is 15.6. The third-order valence-corrected chi connectivity index (χ3v) is 8.03. The van der Waals surface area contributed by atoms with Gasteiger partial charge in [0.15, 0.2) is 0 Å². The van der Waals surface area contributed by atoms with E-state index in [9.17, 15) is 9.59 Å². The molecule has 3 aromatic carbocycles. The molecular weight excluding hydrogens is 510 g/mol. The van der Waals surface area contributed by atoms with Crippen LogP contribution in [-0.2, 0) is 9.53 Å². The van der Waals surface area contributed by atoms with Crippen LogP contribution in [0.3, 0.4) is 0 Å². The van der Waals surface area contributed by atoms with Crippen LogP contribution in [0.5, 0.6) is 0 Å². The number of hydrogen-bond donors (Lipinski definition) is 0. The Balaban J connectivity index is 1.27. The predicted molar refractivity (Wildman–Crippen MR) is 156 cm³/mol. The minimum Gasteiger partial charge on any atom is -0.466 e. The van der Waals surface area contributed by atoms with Crippen LogP contribution in [0.1, 0.15) is 49.8 Å². The molecule has 7 heteroatoms. The zero-order valence-corrected chi connectivity index (χ0v) is 23.1. The van der Waals surface area contributed by atoms with E-state index in [1.165, 1.54) is 0 Å². The molecule has 1 fully saturated rings. The number of aromatic nitrogens is 2. The van der Waals surface area contributed by atoms with Gasteiger partial charge in [-0.3, -0.25) is 13.9 Å². The monoisotopic (exact) mass is 543 g/mol. The topological polar surface area (TPSA) is 56.5 Å². The average molecular weight is 544 g/mol. The van der Waals surface area contributed by atoms with Gasteiger partial charge in [0.05, 0.1) is 24.3 Å². The molecular formula is C32H34ClN3O3. The number of hydrogen-bond acceptors (Lipinski definition) is 4. The number of nitrogens with zero attached hydrogens (tertiary/aromatic N) is 3. The predicted octanol–water partition coefficient (Wildman–Crippen LogP) is 6.47. The molecule has 0 N–H and O–H groups in total. The maximum absolute atomic E-state index is 13.2. The van der Waals surface area contributed by atoms with Gasteiger partial charge >= 0.3 is 11.7 Å². The van der Waals surface area contributed by atoms with Crippen LogP contribution in [0.4, 0.5) is 5.69 Å². The summed E-state index contributed by atoms with van der Waals surface area (Å²) in [7, 11) is 0. The van der Waals surface area contributed by atoms with Crippen molar-refractivity contribution in [3.8, 4) is 5.69 Å². The number of rotatable bonds is 8. The molecule has 1 saturated heterocycles. The summed E-state index contributed by atoms with van der Waals surface area (Å²) in [5.74, 6) is -0.126. The Morgan fingerprint density at radius 1 is 0.897 bits per heavy atom. The van der Waals surface area contributed by atoms with Gasteiger partial charge in [0, 0.05) is 36.2 Å². The number of anilines is 1. The van der Waals surface area contributed by atoms with Crippen molar-refractivity contribution in [2.45, 2.75) is 38.6 Å². The summed E-state index contributed by atoms with van der Waals surface area (Å²) < 4.78 is 8.85. The van der Waals surface area contributed by atoms with Crippen molar-refractivity contribution in [1.29, 1.82) is 0 Å². The molecule has 0 saturated carbocycles. The van der Waals surface area contributed by atoms with E-state index in [2.05, 4.69) is 17.0 Å². The zero-order chi connectivity index (χ0) is 27.4. The number of piperidine rings is 1. The molecule has 2 atom stereocenters. The molecule has 1 aliphatic heterocycles. The molecule has 0 amide bonds. The maximum atomic E-state index is 13.2. The zero-order valence-electron chi connectivity index (χ0n) is 22.4. The van der Waals surface area contributed by atoms with Gasteiger partial charge in [-0.15, -0.1) is 0 Å². The second-order valence-corrected chi connectivity index (χ2v) is 10.5. The van der Waals surface area contributed by atoms with Crippen molar-refractivity contribution in [1.82, 2.24) is 9.13 Å². The molecule has 1 unspecified atom stereocenters. The van der Waals surface area contributed by atoms with Crippen molar-refractivity contribution >= 4 is 23.3 Å². The first-order valence-electron chi connectivity index (χ1n) is 13.6. The van der Waals surface area contributed by atoms with E-state index in [4.69, 9.17) is 16.3 Å². The first kappa shape index (κ1) is 26.8. The fourth-order valence-corrected chi connectivity index (χ4v) is 5.72. The largest absolute Gasteiger partial charge is 0.466 e. The van der Waals surface area contributed by atoms with Crippen molar-refractivity contribution in [3.05, 3.63) is 118 Å². The Kier molecular flexibility index (Phi) is 8.22. The summed E-state index contributed by atoms with van der Waals surface area (Å²) in [6.45, 7) is 5.98. The molecule has 5 rings (SSSR count). The van der Waals surface area contributed by atoms with Gasteiger partial charge in [0.1, 0.15) is 0 Å². The minimum absolute atomic E-state index is 0.0862. The van der Waals surface area contributed by atoms with Gasteiger partial charge in [0.25, 0.3) is 0 Å². The summed E-state index contributed by atoms with van der Waals surface area (Å²) in [6, 6.07) is 25.6. The van der Waals surface area contributed by atoms with Crippen molar-refractivity contribution in [3.63, 3.8) is 0 Å². The fraction of sp³-hybridized carbons (Fsp3) is 0.312. The lowest BCUT2D eigenvalue weighted by Gasteiger charge is -2.36. The molecule has 0 bridgehead atoms. The first-order chi connectivity index (χ1) is 19.0. The van der Waals surface area contributed by atoms with Gasteiger partial charge in [-0.1, -0.05) is 54.1 Å². The summed E-state index contributed by atoms with van der Waals surface area (Å²) in [6.07, 6.45) is 5.46. The van der Waals surface area contributed by atoms with E-state index in [-0.39, 0.29) is 29.5 Å². The molecule has 0 spiro atoms. The lowest BCUT2D eigenvalue weighted by molar-refractivity contribution is -0.146. The Morgan fingerprint density at radius 2 is 1.54 bits per heavy atom. The van der Waals surface area contributed by atoms with E-state index < -0.39 is 0 Å². The molecule has 39 heavy (non-hydrogen) atoms. The number of imidazole rings is 1. The third kappa shape index (κ3) is 5.81. The Bertz CT molecular complexity index is 1440. The van der Waals surface area contributed by atoms with Crippen LogP contribution < -0.4 is 10.6 Å². The van der Waals surface area contributed by atoms with E-state index in [1.807, 2.05) is 93.0 Å². The molecule has 4 aromatic rings.